The monoisotopic (exact) mass is 325 g/mol. The minimum Gasteiger partial charge on any atom is -0.496 e. The first-order valence-electron chi connectivity index (χ1n) is 7.36. The molecule has 1 aliphatic rings. The van der Waals surface area contributed by atoms with Gasteiger partial charge in [-0.05, 0) is 37.6 Å². The number of carboxylic acids is 1. The quantitative estimate of drug-likeness (QED) is 0.815. The van der Waals surface area contributed by atoms with Crippen molar-refractivity contribution in [2.24, 2.45) is 0 Å². The number of methoxy groups -OCH3 is 1. The molecule has 1 fully saturated rings. The molecule has 0 saturated carbocycles. The highest BCUT2D eigenvalue weighted by molar-refractivity contribution is 6.31. The van der Waals surface area contributed by atoms with Crippen LogP contribution in [-0.4, -0.2) is 48.0 Å². The van der Waals surface area contributed by atoms with Gasteiger partial charge in [0.1, 0.15) is 11.8 Å². The molecule has 0 bridgehead atoms. The van der Waals surface area contributed by atoms with Gasteiger partial charge in [0.25, 0.3) is 0 Å². The second-order valence-corrected chi connectivity index (χ2v) is 5.84. The summed E-state index contributed by atoms with van der Waals surface area (Å²) in [7, 11) is 1.51. The Labute approximate surface area is 134 Å². The molecule has 0 amide bonds. The summed E-state index contributed by atoms with van der Waals surface area (Å²) in [6, 6.07) is 4.44. The third-order valence-electron chi connectivity index (χ3n) is 3.99. The number of ether oxygens (including phenoxy) is 1. The molecule has 1 aliphatic heterocycles. The molecule has 1 heterocycles. The summed E-state index contributed by atoms with van der Waals surface area (Å²) in [5.74, 6) is -0.413. The van der Waals surface area contributed by atoms with E-state index in [0.717, 1.165) is 19.4 Å². The van der Waals surface area contributed by atoms with Crippen LogP contribution in [0.15, 0.2) is 18.2 Å². The van der Waals surface area contributed by atoms with Crippen molar-refractivity contribution in [2.75, 3.05) is 20.2 Å². The molecule has 120 valence electrons. The first kappa shape index (κ1) is 16.8. The predicted molar refractivity (Wildman–Crippen MR) is 83.8 cm³/mol. The van der Waals surface area contributed by atoms with Gasteiger partial charge in [-0.15, -0.1) is 0 Å². The van der Waals surface area contributed by atoms with Crippen LogP contribution in [0.1, 0.15) is 36.0 Å². The highest BCUT2D eigenvalue weighted by Gasteiger charge is 2.28. The fraction of sp³-hybridized carbons (Fsp3) is 0.500. The summed E-state index contributed by atoms with van der Waals surface area (Å²) < 4.78 is 5.19. The van der Waals surface area contributed by atoms with Crippen molar-refractivity contribution < 1.29 is 19.4 Å². The number of nitrogens with zero attached hydrogens (tertiary/aromatic N) is 1. The van der Waals surface area contributed by atoms with Gasteiger partial charge in [-0.3, -0.25) is 14.5 Å². The van der Waals surface area contributed by atoms with Crippen LogP contribution < -0.4 is 4.74 Å². The average molecular weight is 326 g/mol. The van der Waals surface area contributed by atoms with Gasteiger partial charge in [0.2, 0.25) is 0 Å². The van der Waals surface area contributed by atoms with E-state index in [0.29, 0.717) is 29.3 Å². The van der Waals surface area contributed by atoms with Crippen LogP contribution in [0.3, 0.4) is 0 Å². The van der Waals surface area contributed by atoms with Gasteiger partial charge in [0, 0.05) is 18.0 Å². The summed E-state index contributed by atoms with van der Waals surface area (Å²) in [5, 5.41) is 9.72. The lowest BCUT2D eigenvalue weighted by Crippen LogP contribution is -2.45. The lowest BCUT2D eigenvalue weighted by molar-refractivity contribution is -0.144. The van der Waals surface area contributed by atoms with E-state index in [1.54, 1.807) is 18.2 Å². The van der Waals surface area contributed by atoms with E-state index in [-0.39, 0.29) is 12.2 Å². The molecule has 1 aromatic carbocycles. The molecule has 0 aliphatic carbocycles. The van der Waals surface area contributed by atoms with Crippen molar-refractivity contribution in [1.82, 2.24) is 4.90 Å². The van der Waals surface area contributed by atoms with Crippen molar-refractivity contribution in [3.05, 3.63) is 28.8 Å². The number of piperidine rings is 1. The summed E-state index contributed by atoms with van der Waals surface area (Å²) in [5.41, 5.74) is 0.443. The summed E-state index contributed by atoms with van der Waals surface area (Å²) in [6.45, 7) is 1.16. The Morgan fingerprint density at radius 3 is 2.86 bits per heavy atom. The number of hydrogen-bond donors (Lipinski definition) is 1. The van der Waals surface area contributed by atoms with Crippen molar-refractivity contribution >= 4 is 23.4 Å². The van der Waals surface area contributed by atoms with Crippen LogP contribution in [-0.2, 0) is 4.79 Å². The molecule has 0 spiro atoms. The SMILES string of the molecule is COc1ccc(Cl)cc1C(=O)CCN1CCCCC1C(=O)O. The van der Waals surface area contributed by atoms with E-state index in [2.05, 4.69) is 0 Å². The Kier molecular flexibility index (Phi) is 5.80. The molecule has 6 heteroatoms. The standard InChI is InChI=1S/C16H20ClNO4/c1-22-15-6-5-11(17)10-12(15)14(19)7-9-18-8-3-2-4-13(18)16(20)21/h5-6,10,13H,2-4,7-9H2,1H3,(H,20,21). The number of rotatable bonds is 6. The number of aliphatic carboxylic acids is 1. The van der Waals surface area contributed by atoms with Crippen LogP contribution in [0.5, 0.6) is 5.75 Å². The maximum Gasteiger partial charge on any atom is 0.320 e. The summed E-state index contributed by atoms with van der Waals surface area (Å²) in [4.78, 5) is 25.5. The lowest BCUT2D eigenvalue weighted by Gasteiger charge is -2.32. The molecule has 1 atom stereocenters. The van der Waals surface area contributed by atoms with E-state index >= 15 is 0 Å². The predicted octanol–water partition coefficient (Wildman–Crippen LogP) is 2.86. The smallest absolute Gasteiger partial charge is 0.320 e. The number of ketones is 1. The van der Waals surface area contributed by atoms with Crippen LogP contribution in [0.4, 0.5) is 0 Å². The third-order valence-corrected chi connectivity index (χ3v) is 4.22. The Hall–Kier alpha value is -1.59. The highest BCUT2D eigenvalue weighted by Crippen LogP contribution is 2.24. The Bertz CT molecular complexity index is 561. The highest BCUT2D eigenvalue weighted by atomic mass is 35.5. The minimum absolute atomic E-state index is 0.0888. The van der Waals surface area contributed by atoms with Crippen LogP contribution >= 0.6 is 11.6 Å². The number of hydrogen-bond acceptors (Lipinski definition) is 4. The second kappa shape index (κ2) is 7.61. The summed E-state index contributed by atoms with van der Waals surface area (Å²) >= 11 is 5.94. The molecule has 0 radical (unpaired) electrons. The number of carbonyl (C=O) groups is 2. The molecule has 5 nitrogen and oxygen atoms in total. The number of carboxylic acid groups (broad SMARTS) is 1. The molecular formula is C16H20ClNO4. The normalized spacial score (nSPS) is 18.9. The zero-order valence-electron chi connectivity index (χ0n) is 12.5. The van der Waals surface area contributed by atoms with E-state index in [4.69, 9.17) is 16.3 Å². The fourth-order valence-corrected chi connectivity index (χ4v) is 2.99. The number of halogens is 1. The largest absolute Gasteiger partial charge is 0.496 e. The topological polar surface area (TPSA) is 66.8 Å². The molecule has 1 aromatic rings. The summed E-state index contributed by atoms with van der Waals surface area (Å²) in [6.07, 6.45) is 2.78. The van der Waals surface area contributed by atoms with Crippen LogP contribution in [0, 0.1) is 0 Å². The van der Waals surface area contributed by atoms with Crippen molar-refractivity contribution in [3.8, 4) is 5.75 Å². The first-order chi connectivity index (χ1) is 10.5. The molecular weight excluding hydrogens is 306 g/mol. The Morgan fingerprint density at radius 1 is 1.41 bits per heavy atom. The number of carbonyl (C=O) groups excluding carboxylic acids is 1. The van der Waals surface area contributed by atoms with Crippen molar-refractivity contribution in [1.29, 1.82) is 0 Å². The number of Topliss-reactive ketones (excluding diaryl/α,β-unsaturated/α-hetero) is 1. The van der Waals surface area contributed by atoms with Gasteiger partial charge in [-0.1, -0.05) is 18.0 Å². The van der Waals surface area contributed by atoms with Gasteiger partial charge < -0.3 is 9.84 Å². The van der Waals surface area contributed by atoms with E-state index in [1.165, 1.54) is 7.11 Å². The Morgan fingerprint density at radius 2 is 2.18 bits per heavy atom. The first-order valence-corrected chi connectivity index (χ1v) is 7.74. The van der Waals surface area contributed by atoms with Crippen LogP contribution in [0.25, 0.3) is 0 Å². The molecule has 1 N–H and O–H groups in total. The lowest BCUT2D eigenvalue weighted by atomic mass is 10.0. The van der Waals surface area contributed by atoms with Crippen LogP contribution in [0.2, 0.25) is 5.02 Å². The fourth-order valence-electron chi connectivity index (χ4n) is 2.82. The Balaban J connectivity index is 2.03. The zero-order chi connectivity index (χ0) is 16.1. The third kappa shape index (κ3) is 3.99. The van der Waals surface area contributed by atoms with Crippen molar-refractivity contribution in [3.63, 3.8) is 0 Å². The van der Waals surface area contributed by atoms with Gasteiger partial charge in [0.05, 0.1) is 12.7 Å². The number of likely N-dealkylation sites (tertiary alicyclic amines) is 1. The van der Waals surface area contributed by atoms with Gasteiger partial charge >= 0.3 is 5.97 Å². The average Bonchev–Trinajstić information content (AvgIpc) is 2.52. The van der Waals surface area contributed by atoms with Gasteiger partial charge in [-0.2, -0.15) is 0 Å². The molecule has 2 rings (SSSR count). The second-order valence-electron chi connectivity index (χ2n) is 5.40. The molecule has 22 heavy (non-hydrogen) atoms. The van der Waals surface area contributed by atoms with E-state index in [9.17, 15) is 14.7 Å². The molecule has 0 aromatic heterocycles. The van der Waals surface area contributed by atoms with Gasteiger partial charge in [0.15, 0.2) is 5.78 Å². The zero-order valence-corrected chi connectivity index (χ0v) is 13.3. The minimum atomic E-state index is -0.813. The molecule has 1 saturated heterocycles. The van der Waals surface area contributed by atoms with Gasteiger partial charge in [-0.25, -0.2) is 0 Å². The number of benzene rings is 1. The maximum absolute atomic E-state index is 12.4. The van der Waals surface area contributed by atoms with Crippen molar-refractivity contribution in [2.45, 2.75) is 31.7 Å². The molecule has 1 unspecified atom stereocenters. The van der Waals surface area contributed by atoms with E-state index < -0.39 is 12.0 Å². The van der Waals surface area contributed by atoms with E-state index in [1.807, 2.05) is 4.90 Å². The maximum atomic E-state index is 12.4.